The number of hydrogen-bond acceptors (Lipinski definition) is 2. The number of piperidine rings is 1. The van der Waals surface area contributed by atoms with Gasteiger partial charge in [0.25, 0.3) is 0 Å². The first kappa shape index (κ1) is 16.0. The van der Waals surface area contributed by atoms with Gasteiger partial charge < -0.3 is 5.11 Å². The SMILES string of the molecule is CCc1ccc(C(C)N2CCCC(CC)(C(=O)O)C2)cc1. The smallest absolute Gasteiger partial charge is 0.310 e. The van der Waals surface area contributed by atoms with Crippen LogP contribution in [-0.2, 0) is 11.2 Å². The number of carboxylic acids is 1. The second-order valence-electron chi connectivity index (χ2n) is 6.28. The van der Waals surface area contributed by atoms with Crippen LogP contribution in [0.2, 0.25) is 0 Å². The van der Waals surface area contributed by atoms with E-state index in [9.17, 15) is 9.90 Å². The van der Waals surface area contributed by atoms with E-state index in [2.05, 4.69) is 43.0 Å². The van der Waals surface area contributed by atoms with Gasteiger partial charge in [0.05, 0.1) is 5.41 Å². The molecule has 0 aliphatic carbocycles. The highest BCUT2D eigenvalue weighted by Gasteiger charge is 2.41. The summed E-state index contributed by atoms with van der Waals surface area (Å²) in [5.74, 6) is -0.636. The van der Waals surface area contributed by atoms with Crippen molar-refractivity contribution in [1.29, 1.82) is 0 Å². The number of benzene rings is 1. The van der Waals surface area contributed by atoms with Crippen molar-refractivity contribution in [2.75, 3.05) is 13.1 Å². The normalized spacial score (nSPS) is 24.7. The Morgan fingerprint density at radius 3 is 2.52 bits per heavy atom. The Morgan fingerprint density at radius 1 is 1.33 bits per heavy atom. The summed E-state index contributed by atoms with van der Waals surface area (Å²) in [6, 6.07) is 9.01. The Labute approximate surface area is 128 Å². The molecule has 3 heteroatoms. The maximum Gasteiger partial charge on any atom is 0.310 e. The zero-order chi connectivity index (χ0) is 15.5. The second-order valence-corrected chi connectivity index (χ2v) is 6.28. The van der Waals surface area contributed by atoms with E-state index in [-0.39, 0.29) is 6.04 Å². The van der Waals surface area contributed by atoms with Crippen molar-refractivity contribution in [3.05, 3.63) is 35.4 Å². The number of aryl methyl sites for hydroxylation is 1. The quantitative estimate of drug-likeness (QED) is 0.894. The van der Waals surface area contributed by atoms with Gasteiger partial charge in [0.15, 0.2) is 0 Å². The number of likely N-dealkylation sites (tertiary alicyclic amines) is 1. The van der Waals surface area contributed by atoms with E-state index in [1.165, 1.54) is 11.1 Å². The van der Waals surface area contributed by atoms with Gasteiger partial charge in [-0.05, 0) is 50.3 Å². The maximum atomic E-state index is 11.7. The van der Waals surface area contributed by atoms with Gasteiger partial charge in [-0.1, -0.05) is 38.1 Å². The number of nitrogens with zero attached hydrogens (tertiary/aromatic N) is 1. The number of carbonyl (C=O) groups is 1. The molecule has 1 saturated heterocycles. The Bertz CT molecular complexity index is 482. The van der Waals surface area contributed by atoms with Gasteiger partial charge in [0.2, 0.25) is 0 Å². The number of carboxylic acid groups (broad SMARTS) is 1. The van der Waals surface area contributed by atoms with Crippen LogP contribution in [0.25, 0.3) is 0 Å². The molecule has 1 heterocycles. The van der Waals surface area contributed by atoms with Crippen LogP contribution in [0.4, 0.5) is 0 Å². The predicted molar refractivity (Wildman–Crippen MR) is 85.4 cm³/mol. The predicted octanol–water partition coefficient (Wildman–Crippen LogP) is 3.89. The van der Waals surface area contributed by atoms with E-state index in [0.717, 1.165) is 25.8 Å². The van der Waals surface area contributed by atoms with E-state index in [0.29, 0.717) is 13.0 Å². The highest BCUT2D eigenvalue weighted by Crippen LogP contribution is 2.37. The number of rotatable bonds is 5. The minimum Gasteiger partial charge on any atom is -0.481 e. The lowest BCUT2D eigenvalue weighted by molar-refractivity contribution is -0.153. The molecule has 1 N–H and O–H groups in total. The van der Waals surface area contributed by atoms with Crippen LogP contribution in [0.3, 0.4) is 0 Å². The third-order valence-electron chi connectivity index (χ3n) is 5.15. The zero-order valence-corrected chi connectivity index (χ0v) is 13.4. The molecule has 0 spiro atoms. The highest BCUT2D eigenvalue weighted by atomic mass is 16.4. The van der Waals surface area contributed by atoms with Gasteiger partial charge in [-0.15, -0.1) is 0 Å². The molecule has 0 radical (unpaired) electrons. The molecule has 0 aromatic heterocycles. The van der Waals surface area contributed by atoms with Crippen molar-refractivity contribution in [2.24, 2.45) is 5.41 Å². The lowest BCUT2D eigenvalue weighted by Crippen LogP contribution is -2.48. The first-order valence-corrected chi connectivity index (χ1v) is 8.08. The monoisotopic (exact) mass is 289 g/mol. The molecule has 21 heavy (non-hydrogen) atoms. The summed E-state index contributed by atoms with van der Waals surface area (Å²) < 4.78 is 0. The van der Waals surface area contributed by atoms with E-state index >= 15 is 0 Å². The lowest BCUT2D eigenvalue weighted by atomic mass is 9.77. The standard InChI is InChI=1S/C18H27NO2/c1-4-15-7-9-16(10-8-15)14(3)19-12-6-11-18(5-2,13-19)17(20)21/h7-10,14H,4-6,11-13H2,1-3H3,(H,20,21). The van der Waals surface area contributed by atoms with Crippen molar-refractivity contribution < 1.29 is 9.90 Å². The fraction of sp³-hybridized carbons (Fsp3) is 0.611. The van der Waals surface area contributed by atoms with Crippen LogP contribution < -0.4 is 0 Å². The summed E-state index contributed by atoms with van der Waals surface area (Å²) in [5.41, 5.74) is 2.07. The summed E-state index contributed by atoms with van der Waals surface area (Å²) in [7, 11) is 0. The molecule has 2 rings (SSSR count). The molecule has 1 fully saturated rings. The number of hydrogen-bond donors (Lipinski definition) is 1. The van der Waals surface area contributed by atoms with Crippen LogP contribution in [0.15, 0.2) is 24.3 Å². The highest BCUT2D eigenvalue weighted by molar-refractivity contribution is 5.75. The molecular formula is C18H27NO2. The second kappa shape index (κ2) is 6.61. The van der Waals surface area contributed by atoms with Gasteiger partial charge in [-0.25, -0.2) is 0 Å². The molecule has 1 aromatic rings. The molecule has 1 aromatic carbocycles. The third-order valence-corrected chi connectivity index (χ3v) is 5.15. The van der Waals surface area contributed by atoms with Gasteiger partial charge in [-0.2, -0.15) is 0 Å². The van der Waals surface area contributed by atoms with Crippen LogP contribution in [0.5, 0.6) is 0 Å². The van der Waals surface area contributed by atoms with Crippen molar-refractivity contribution >= 4 is 5.97 Å². The van der Waals surface area contributed by atoms with Crippen molar-refractivity contribution in [3.8, 4) is 0 Å². The summed E-state index contributed by atoms with van der Waals surface area (Å²) in [6.07, 6.45) is 3.53. The minimum absolute atomic E-state index is 0.279. The summed E-state index contributed by atoms with van der Waals surface area (Å²) in [4.78, 5) is 14.0. The molecule has 1 aliphatic rings. The zero-order valence-electron chi connectivity index (χ0n) is 13.4. The van der Waals surface area contributed by atoms with Gasteiger partial charge in [0, 0.05) is 12.6 Å². The summed E-state index contributed by atoms with van der Waals surface area (Å²) in [5, 5.41) is 9.60. The minimum atomic E-state index is -0.636. The van der Waals surface area contributed by atoms with Gasteiger partial charge in [-0.3, -0.25) is 9.69 Å². The fourth-order valence-electron chi connectivity index (χ4n) is 3.36. The maximum absolute atomic E-state index is 11.7. The molecule has 3 nitrogen and oxygen atoms in total. The Morgan fingerprint density at radius 2 is 2.00 bits per heavy atom. The first-order valence-electron chi connectivity index (χ1n) is 8.08. The molecule has 116 valence electrons. The van der Waals surface area contributed by atoms with Crippen molar-refractivity contribution in [3.63, 3.8) is 0 Å². The van der Waals surface area contributed by atoms with Gasteiger partial charge >= 0.3 is 5.97 Å². The topological polar surface area (TPSA) is 40.5 Å². The van der Waals surface area contributed by atoms with Crippen LogP contribution in [-0.4, -0.2) is 29.1 Å². The van der Waals surface area contributed by atoms with Crippen molar-refractivity contribution in [2.45, 2.75) is 52.5 Å². The van der Waals surface area contributed by atoms with Crippen LogP contribution >= 0.6 is 0 Å². The average Bonchev–Trinajstić information content (AvgIpc) is 2.54. The third kappa shape index (κ3) is 3.29. The lowest BCUT2D eigenvalue weighted by Gasteiger charge is -2.42. The van der Waals surface area contributed by atoms with Crippen molar-refractivity contribution in [1.82, 2.24) is 4.90 Å². The molecule has 0 bridgehead atoms. The number of aliphatic carboxylic acids is 1. The van der Waals surface area contributed by atoms with E-state index in [1.54, 1.807) is 0 Å². The molecule has 0 saturated carbocycles. The molecule has 1 aliphatic heterocycles. The molecule has 0 amide bonds. The fourth-order valence-corrected chi connectivity index (χ4v) is 3.36. The van der Waals surface area contributed by atoms with E-state index < -0.39 is 11.4 Å². The van der Waals surface area contributed by atoms with E-state index in [4.69, 9.17) is 0 Å². The van der Waals surface area contributed by atoms with Crippen LogP contribution in [0, 0.1) is 5.41 Å². The van der Waals surface area contributed by atoms with E-state index in [1.807, 2.05) is 6.92 Å². The van der Waals surface area contributed by atoms with Crippen LogP contribution in [0.1, 0.15) is 57.2 Å². The summed E-state index contributed by atoms with van der Waals surface area (Å²) in [6.45, 7) is 8.00. The largest absolute Gasteiger partial charge is 0.481 e. The first-order chi connectivity index (χ1) is 10.0. The molecule has 2 unspecified atom stereocenters. The average molecular weight is 289 g/mol. The molecular weight excluding hydrogens is 262 g/mol. The summed E-state index contributed by atoms with van der Waals surface area (Å²) >= 11 is 0. The Hall–Kier alpha value is -1.35. The van der Waals surface area contributed by atoms with Gasteiger partial charge in [0.1, 0.15) is 0 Å². The molecule has 2 atom stereocenters. The Balaban J connectivity index is 2.14. The Kier molecular flexibility index (Phi) is 5.04.